The third-order valence-electron chi connectivity index (χ3n) is 1.23. The highest BCUT2D eigenvalue weighted by atomic mass is 16.1. The molecule has 0 unspecified atom stereocenters. The molecule has 11 heavy (non-hydrogen) atoms. The van der Waals surface area contributed by atoms with E-state index in [-0.39, 0.29) is 18.6 Å². The van der Waals surface area contributed by atoms with Crippen molar-refractivity contribution in [2.24, 2.45) is 0 Å². The minimum atomic E-state index is -0.116. The number of rotatable bonds is 4. The van der Waals surface area contributed by atoms with E-state index in [1.54, 1.807) is 12.4 Å². The zero-order valence-electron chi connectivity index (χ0n) is 5.91. The van der Waals surface area contributed by atoms with Crippen LogP contribution in [0.5, 0.6) is 0 Å². The van der Waals surface area contributed by atoms with Gasteiger partial charge in [0.25, 0.3) is 0 Å². The van der Waals surface area contributed by atoms with Gasteiger partial charge in [-0.2, -0.15) is 0 Å². The van der Waals surface area contributed by atoms with E-state index in [0.29, 0.717) is 12.1 Å². The SMILES string of the molecule is O=CCC(=O)Cc1ncc[nH]1. The maximum Gasteiger partial charge on any atom is 0.147 e. The molecule has 0 radical (unpaired) electrons. The Kier molecular flexibility index (Phi) is 2.54. The molecule has 0 aliphatic rings. The van der Waals surface area contributed by atoms with Crippen molar-refractivity contribution in [3.8, 4) is 0 Å². The average molecular weight is 152 g/mol. The maximum atomic E-state index is 10.8. The zero-order chi connectivity index (χ0) is 8.10. The van der Waals surface area contributed by atoms with E-state index in [0.717, 1.165) is 0 Å². The minimum Gasteiger partial charge on any atom is -0.348 e. The first-order valence-corrected chi connectivity index (χ1v) is 3.26. The number of aldehydes is 1. The average Bonchev–Trinajstić information content (AvgIpc) is 2.40. The summed E-state index contributed by atoms with van der Waals surface area (Å²) in [6.45, 7) is 0. The zero-order valence-corrected chi connectivity index (χ0v) is 5.91. The second kappa shape index (κ2) is 3.65. The molecule has 0 aromatic carbocycles. The van der Waals surface area contributed by atoms with Gasteiger partial charge in [0.1, 0.15) is 17.9 Å². The lowest BCUT2D eigenvalue weighted by Gasteiger charge is -1.90. The molecule has 0 bridgehead atoms. The van der Waals surface area contributed by atoms with Crippen LogP contribution in [0.1, 0.15) is 12.2 Å². The van der Waals surface area contributed by atoms with Crippen LogP contribution < -0.4 is 0 Å². The summed E-state index contributed by atoms with van der Waals surface area (Å²) in [5.74, 6) is 0.492. The van der Waals surface area contributed by atoms with Crippen LogP contribution in [-0.2, 0) is 16.0 Å². The number of carbonyl (C=O) groups excluding carboxylic acids is 2. The predicted octanol–water partition coefficient (Wildman–Crippen LogP) is 0.110. The van der Waals surface area contributed by atoms with Gasteiger partial charge < -0.3 is 9.78 Å². The van der Waals surface area contributed by atoms with Gasteiger partial charge in [0.15, 0.2) is 0 Å². The van der Waals surface area contributed by atoms with Crippen molar-refractivity contribution < 1.29 is 9.59 Å². The van der Waals surface area contributed by atoms with Crippen LogP contribution in [0.2, 0.25) is 0 Å². The highest BCUT2D eigenvalue weighted by Crippen LogP contribution is 1.92. The van der Waals surface area contributed by atoms with Gasteiger partial charge in [-0.25, -0.2) is 4.98 Å². The van der Waals surface area contributed by atoms with Gasteiger partial charge >= 0.3 is 0 Å². The summed E-state index contributed by atoms with van der Waals surface area (Å²) in [6.07, 6.45) is 4.00. The molecule has 1 aromatic heterocycles. The Morgan fingerprint density at radius 1 is 1.73 bits per heavy atom. The smallest absolute Gasteiger partial charge is 0.147 e. The maximum absolute atomic E-state index is 10.8. The summed E-state index contributed by atoms with van der Waals surface area (Å²) in [4.78, 5) is 27.3. The van der Waals surface area contributed by atoms with Crippen molar-refractivity contribution in [1.29, 1.82) is 0 Å². The Morgan fingerprint density at radius 3 is 3.09 bits per heavy atom. The van der Waals surface area contributed by atoms with Crippen LogP contribution in [0.15, 0.2) is 12.4 Å². The van der Waals surface area contributed by atoms with Gasteiger partial charge in [-0.05, 0) is 0 Å². The topological polar surface area (TPSA) is 62.8 Å². The molecule has 0 aliphatic carbocycles. The van der Waals surface area contributed by atoms with Crippen molar-refractivity contribution in [3.05, 3.63) is 18.2 Å². The number of aromatic amines is 1. The molecular weight excluding hydrogens is 144 g/mol. The van der Waals surface area contributed by atoms with Crippen LogP contribution in [0, 0.1) is 0 Å². The Morgan fingerprint density at radius 2 is 2.55 bits per heavy atom. The number of ketones is 1. The fourth-order valence-electron chi connectivity index (χ4n) is 0.747. The Balaban J connectivity index is 2.43. The Bertz CT molecular complexity index is 241. The number of hydrogen-bond acceptors (Lipinski definition) is 3. The lowest BCUT2D eigenvalue weighted by Crippen LogP contribution is -2.04. The molecule has 4 nitrogen and oxygen atoms in total. The number of H-pyrrole nitrogens is 1. The fourth-order valence-corrected chi connectivity index (χ4v) is 0.747. The molecule has 4 heteroatoms. The van der Waals surface area contributed by atoms with Gasteiger partial charge in [0, 0.05) is 12.4 Å². The highest BCUT2D eigenvalue weighted by Gasteiger charge is 2.03. The Hall–Kier alpha value is -1.45. The van der Waals surface area contributed by atoms with E-state index in [2.05, 4.69) is 9.97 Å². The van der Waals surface area contributed by atoms with Crippen molar-refractivity contribution in [3.63, 3.8) is 0 Å². The normalized spacial score (nSPS) is 9.45. The summed E-state index contributed by atoms with van der Waals surface area (Å²) in [5, 5.41) is 0. The van der Waals surface area contributed by atoms with Gasteiger partial charge in [-0.15, -0.1) is 0 Å². The lowest BCUT2D eigenvalue weighted by atomic mass is 10.2. The van der Waals surface area contributed by atoms with Crippen molar-refractivity contribution in [2.45, 2.75) is 12.8 Å². The lowest BCUT2D eigenvalue weighted by molar-refractivity contribution is -0.121. The van der Waals surface area contributed by atoms with Crippen molar-refractivity contribution in [2.75, 3.05) is 0 Å². The number of imidazole rings is 1. The van der Waals surface area contributed by atoms with Crippen molar-refractivity contribution in [1.82, 2.24) is 9.97 Å². The third-order valence-corrected chi connectivity index (χ3v) is 1.23. The van der Waals surface area contributed by atoms with Gasteiger partial charge in [0.05, 0.1) is 12.8 Å². The summed E-state index contributed by atoms with van der Waals surface area (Å²) in [6, 6.07) is 0. The van der Waals surface area contributed by atoms with Crippen LogP contribution in [-0.4, -0.2) is 22.0 Å². The van der Waals surface area contributed by atoms with Crippen LogP contribution >= 0.6 is 0 Å². The summed E-state index contributed by atoms with van der Waals surface area (Å²) in [5.41, 5.74) is 0. The minimum absolute atomic E-state index is 0.0271. The Labute approximate surface area is 63.6 Å². The number of hydrogen-bond donors (Lipinski definition) is 1. The molecule has 58 valence electrons. The molecule has 1 aromatic rings. The summed E-state index contributed by atoms with van der Waals surface area (Å²) < 4.78 is 0. The standard InChI is InChI=1S/C7H8N2O2/c10-4-1-6(11)5-7-8-2-3-9-7/h2-4H,1,5H2,(H,8,9). The molecule has 0 saturated heterocycles. The first-order valence-electron chi connectivity index (χ1n) is 3.26. The molecule has 0 amide bonds. The molecule has 0 atom stereocenters. The first-order chi connectivity index (χ1) is 5.33. The van der Waals surface area contributed by atoms with Crippen LogP contribution in [0.25, 0.3) is 0 Å². The molecule has 1 heterocycles. The summed E-state index contributed by atoms with van der Waals surface area (Å²) >= 11 is 0. The highest BCUT2D eigenvalue weighted by molar-refractivity contribution is 5.90. The van der Waals surface area contributed by atoms with E-state index in [4.69, 9.17) is 0 Å². The number of nitrogens with one attached hydrogen (secondary N) is 1. The van der Waals surface area contributed by atoms with Crippen molar-refractivity contribution >= 4 is 12.1 Å². The molecule has 1 N–H and O–H groups in total. The van der Waals surface area contributed by atoms with Crippen LogP contribution in [0.3, 0.4) is 0 Å². The largest absolute Gasteiger partial charge is 0.348 e. The van der Waals surface area contributed by atoms with Gasteiger partial charge in [-0.3, -0.25) is 4.79 Å². The van der Waals surface area contributed by atoms with Gasteiger partial charge in [0.2, 0.25) is 0 Å². The number of Topliss-reactive ketones (excluding diaryl/α,β-unsaturated/α-hetero) is 1. The molecule has 0 aliphatic heterocycles. The molecular formula is C7H8N2O2. The summed E-state index contributed by atoms with van der Waals surface area (Å²) in [7, 11) is 0. The quantitative estimate of drug-likeness (QED) is 0.492. The van der Waals surface area contributed by atoms with E-state index in [9.17, 15) is 9.59 Å². The predicted molar refractivity (Wildman–Crippen MR) is 38.0 cm³/mol. The number of nitrogens with zero attached hydrogens (tertiary/aromatic N) is 1. The van der Waals surface area contributed by atoms with Gasteiger partial charge in [-0.1, -0.05) is 0 Å². The first kappa shape index (κ1) is 7.65. The second-order valence-electron chi connectivity index (χ2n) is 2.12. The van der Waals surface area contributed by atoms with E-state index in [1.807, 2.05) is 0 Å². The van der Waals surface area contributed by atoms with E-state index < -0.39 is 0 Å². The number of carbonyl (C=O) groups is 2. The molecule has 0 fully saturated rings. The monoisotopic (exact) mass is 152 g/mol. The fraction of sp³-hybridized carbons (Fsp3) is 0.286. The molecule has 0 spiro atoms. The van der Waals surface area contributed by atoms with Crippen LogP contribution in [0.4, 0.5) is 0 Å². The number of aromatic nitrogens is 2. The third kappa shape index (κ3) is 2.33. The second-order valence-corrected chi connectivity index (χ2v) is 2.12. The molecule has 0 saturated carbocycles. The van der Waals surface area contributed by atoms with E-state index >= 15 is 0 Å². The van der Waals surface area contributed by atoms with E-state index in [1.165, 1.54) is 0 Å². The molecule has 1 rings (SSSR count).